The summed E-state index contributed by atoms with van der Waals surface area (Å²) >= 11 is 6.10. The van der Waals surface area contributed by atoms with Crippen molar-refractivity contribution in [2.24, 2.45) is 5.41 Å². The summed E-state index contributed by atoms with van der Waals surface area (Å²) in [4.78, 5) is 10.7. The van der Waals surface area contributed by atoms with E-state index in [1.807, 2.05) is 6.07 Å². The van der Waals surface area contributed by atoms with Gasteiger partial charge in [-0.05, 0) is 31.1 Å². The zero-order valence-corrected chi connectivity index (χ0v) is 12.2. The summed E-state index contributed by atoms with van der Waals surface area (Å²) in [6.07, 6.45) is 9.74. The van der Waals surface area contributed by atoms with Gasteiger partial charge in [0.2, 0.25) is 0 Å². The highest BCUT2D eigenvalue weighted by molar-refractivity contribution is 6.29. The third kappa shape index (κ3) is 1.95. The highest BCUT2D eigenvalue weighted by Crippen LogP contribution is 2.46. The van der Waals surface area contributed by atoms with E-state index in [0.29, 0.717) is 16.3 Å². The van der Waals surface area contributed by atoms with Gasteiger partial charge in [0.15, 0.2) is 0 Å². The molecule has 3 heterocycles. The van der Waals surface area contributed by atoms with Crippen LogP contribution in [0.5, 0.6) is 0 Å². The molecule has 0 N–H and O–H groups in total. The average molecular weight is 292 g/mol. The minimum Gasteiger partial charge on any atom is -0.356 e. The second-order valence-electron chi connectivity index (χ2n) is 6.10. The lowest BCUT2D eigenvalue weighted by molar-refractivity contribution is 0.226. The summed E-state index contributed by atoms with van der Waals surface area (Å²) in [5.41, 5.74) is 0.620. The molecule has 0 radical (unpaired) electrons. The fourth-order valence-electron chi connectivity index (χ4n) is 3.83. The van der Waals surface area contributed by atoms with Gasteiger partial charge in [0.05, 0.1) is 0 Å². The Morgan fingerprint density at radius 3 is 2.60 bits per heavy atom. The molecule has 0 aromatic carbocycles. The number of piperidine rings is 1. The molecule has 2 fully saturated rings. The van der Waals surface area contributed by atoms with Crippen molar-refractivity contribution in [1.82, 2.24) is 19.6 Å². The highest BCUT2D eigenvalue weighted by atomic mass is 35.5. The molecule has 0 atom stereocenters. The molecule has 4 rings (SSSR count). The van der Waals surface area contributed by atoms with E-state index in [4.69, 9.17) is 11.6 Å². The lowest BCUT2D eigenvalue weighted by Gasteiger charge is -2.40. The largest absolute Gasteiger partial charge is 0.356 e. The number of anilines is 1. The summed E-state index contributed by atoms with van der Waals surface area (Å²) in [5, 5.41) is 4.75. The number of fused-ring (bicyclic) bond motifs is 1. The van der Waals surface area contributed by atoms with Gasteiger partial charge >= 0.3 is 0 Å². The zero-order valence-electron chi connectivity index (χ0n) is 11.4. The molecule has 1 saturated carbocycles. The molecule has 106 valence electrons. The second kappa shape index (κ2) is 4.58. The number of aromatic nitrogens is 4. The first kappa shape index (κ1) is 12.4. The van der Waals surface area contributed by atoms with Gasteiger partial charge in [-0.1, -0.05) is 24.4 Å². The minimum absolute atomic E-state index is 0.488. The molecule has 5 nitrogen and oxygen atoms in total. The average Bonchev–Trinajstić information content (AvgIpc) is 3.08. The Morgan fingerprint density at radius 1 is 1.10 bits per heavy atom. The molecule has 1 spiro atoms. The van der Waals surface area contributed by atoms with E-state index in [1.54, 1.807) is 4.52 Å². The van der Waals surface area contributed by atoms with Crippen molar-refractivity contribution in [3.8, 4) is 0 Å². The van der Waals surface area contributed by atoms with Crippen LogP contribution in [-0.2, 0) is 0 Å². The van der Waals surface area contributed by atoms with E-state index in [0.717, 1.165) is 18.9 Å². The maximum Gasteiger partial charge on any atom is 0.255 e. The minimum atomic E-state index is 0.488. The topological polar surface area (TPSA) is 46.3 Å². The molecule has 0 amide bonds. The maximum absolute atomic E-state index is 6.10. The summed E-state index contributed by atoms with van der Waals surface area (Å²) in [7, 11) is 0. The van der Waals surface area contributed by atoms with Gasteiger partial charge in [0.1, 0.15) is 17.3 Å². The molecule has 6 heteroatoms. The van der Waals surface area contributed by atoms with E-state index in [1.165, 1.54) is 44.9 Å². The van der Waals surface area contributed by atoms with Crippen molar-refractivity contribution in [2.45, 2.75) is 38.5 Å². The van der Waals surface area contributed by atoms with E-state index in [9.17, 15) is 0 Å². The van der Waals surface area contributed by atoms with Crippen LogP contribution in [0.15, 0.2) is 12.4 Å². The van der Waals surface area contributed by atoms with Crippen molar-refractivity contribution in [3.63, 3.8) is 0 Å². The Labute approximate surface area is 123 Å². The first-order chi connectivity index (χ1) is 9.76. The Kier molecular flexibility index (Phi) is 2.84. The molecule has 1 saturated heterocycles. The molecule has 1 aliphatic heterocycles. The zero-order chi connectivity index (χ0) is 13.6. The fourth-order valence-corrected chi connectivity index (χ4v) is 4.00. The van der Waals surface area contributed by atoms with Gasteiger partial charge in [-0.15, -0.1) is 0 Å². The number of nitrogens with zero attached hydrogens (tertiary/aromatic N) is 5. The lowest BCUT2D eigenvalue weighted by atomic mass is 9.77. The van der Waals surface area contributed by atoms with Crippen molar-refractivity contribution in [1.29, 1.82) is 0 Å². The smallest absolute Gasteiger partial charge is 0.255 e. The van der Waals surface area contributed by atoms with Crippen molar-refractivity contribution in [3.05, 3.63) is 17.5 Å². The molecule has 20 heavy (non-hydrogen) atoms. The van der Waals surface area contributed by atoms with Crippen LogP contribution in [0.2, 0.25) is 5.15 Å². The quantitative estimate of drug-likeness (QED) is 0.758. The Bertz CT molecular complexity index is 622. The monoisotopic (exact) mass is 291 g/mol. The van der Waals surface area contributed by atoms with Gasteiger partial charge in [-0.25, -0.2) is 0 Å². The van der Waals surface area contributed by atoms with E-state index < -0.39 is 0 Å². The van der Waals surface area contributed by atoms with Gasteiger partial charge in [-0.3, -0.25) is 0 Å². The van der Waals surface area contributed by atoms with Crippen LogP contribution in [0.3, 0.4) is 0 Å². The predicted molar refractivity (Wildman–Crippen MR) is 78.1 cm³/mol. The standard InChI is InChI=1S/C14H18ClN5/c15-11-9-12(20-13(18-11)16-10-17-20)19-7-5-14(6-8-19)3-1-2-4-14/h9-10H,1-8H2. The van der Waals surface area contributed by atoms with Gasteiger partial charge < -0.3 is 4.90 Å². The van der Waals surface area contributed by atoms with Crippen LogP contribution in [0.25, 0.3) is 5.78 Å². The summed E-state index contributed by atoms with van der Waals surface area (Å²) in [6.45, 7) is 2.16. The molecular weight excluding hydrogens is 274 g/mol. The normalized spacial score (nSPS) is 21.9. The number of halogens is 1. The van der Waals surface area contributed by atoms with E-state index in [-0.39, 0.29) is 0 Å². The van der Waals surface area contributed by atoms with E-state index in [2.05, 4.69) is 20.0 Å². The number of rotatable bonds is 1. The molecular formula is C14H18ClN5. The SMILES string of the molecule is Clc1cc(N2CCC3(CCCC3)CC2)n2ncnc2n1. The molecule has 1 aliphatic carbocycles. The van der Waals surface area contributed by atoms with Crippen LogP contribution < -0.4 is 4.90 Å². The van der Waals surface area contributed by atoms with Crippen LogP contribution in [0.1, 0.15) is 38.5 Å². The molecule has 2 aromatic rings. The maximum atomic E-state index is 6.10. The Hall–Kier alpha value is -1.36. The van der Waals surface area contributed by atoms with Crippen LogP contribution in [-0.4, -0.2) is 32.7 Å². The number of hydrogen-bond donors (Lipinski definition) is 0. The Balaban J connectivity index is 1.62. The third-order valence-corrected chi connectivity index (χ3v) is 5.21. The molecule has 0 unspecified atom stereocenters. The highest BCUT2D eigenvalue weighted by Gasteiger charge is 2.37. The molecule has 0 bridgehead atoms. The Morgan fingerprint density at radius 2 is 1.85 bits per heavy atom. The van der Waals surface area contributed by atoms with Crippen molar-refractivity contribution >= 4 is 23.2 Å². The summed E-state index contributed by atoms with van der Waals surface area (Å²) < 4.78 is 1.79. The second-order valence-corrected chi connectivity index (χ2v) is 6.49. The van der Waals surface area contributed by atoms with Crippen LogP contribution in [0.4, 0.5) is 5.82 Å². The summed E-state index contributed by atoms with van der Waals surface area (Å²) in [5.74, 6) is 1.60. The van der Waals surface area contributed by atoms with Gasteiger partial charge in [0.25, 0.3) is 5.78 Å². The van der Waals surface area contributed by atoms with Crippen LogP contribution in [0, 0.1) is 5.41 Å². The predicted octanol–water partition coefficient (Wildman–Crippen LogP) is 2.94. The third-order valence-electron chi connectivity index (χ3n) is 5.01. The van der Waals surface area contributed by atoms with Crippen molar-refractivity contribution < 1.29 is 0 Å². The summed E-state index contributed by atoms with van der Waals surface area (Å²) in [6, 6.07) is 1.90. The fraction of sp³-hybridized carbons (Fsp3) is 0.643. The van der Waals surface area contributed by atoms with E-state index >= 15 is 0 Å². The number of hydrogen-bond acceptors (Lipinski definition) is 4. The first-order valence-electron chi connectivity index (χ1n) is 7.37. The van der Waals surface area contributed by atoms with Crippen molar-refractivity contribution in [2.75, 3.05) is 18.0 Å². The lowest BCUT2D eigenvalue weighted by Crippen LogP contribution is -2.39. The molecule has 2 aromatic heterocycles. The molecule has 2 aliphatic rings. The van der Waals surface area contributed by atoms with Gasteiger partial charge in [0, 0.05) is 19.2 Å². The van der Waals surface area contributed by atoms with Crippen LogP contribution >= 0.6 is 11.6 Å². The van der Waals surface area contributed by atoms with Gasteiger partial charge in [-0.2, -0.15) is 19.6 Å². The first-order valence-corrected chi connectivity index (χ1v) is 7.75.